The molecule has 0 fully saturated rings. The normalized spacial score (nSPS) is 10.6. The van der Waals surface area contributed by atoms with Gasteiger partial charge in [-0.25, -0.2) is 13.2 Å². The van der Waals surface area contributed by atoms with Crippen LogP contribution in [0.2, 0.25) is 0 Å². The van der Waals surface area contributed by atoms with E-state index in [9.17, 15) is 13.2 Å². The highest BCUT2D eigenvalue weighted by molar-refractivity contribution is 5.62. The molecule has 0 spiro atoms. The number of anilines is 1. The molecule has 2 aromatic carbocycles. The maximum absolute atomic E-state index is 13.4. The Balaban J connectivity index is 1.78. The van der Waals surface area contributed by atoms with Crippen LogP contribution in [-0.4, -0.2) is 31.5 Å². The Morgan fingerprint density at radius 1 is 0.929 bits per heavy atom. The molecule has 0 atom stereocenters. The average Bonchev–Trinajstić information content (AvgIpc) is 3.18. The van der Waals surface area contributed by atoms with Crippen molar-refractivity contribution in [2.45, 2.75) is 6.54 Å². The molecular formula is C18H16F3N3O4. The van der Waals surface area contributed by atoms with E-state index in [0.717, 1.165) is 12.1 Å². The molecule has 0 aliphatic carbocycles. The lowest BCUT2D eigenvalue weighted by Crippen LogP contribution is -2.02. The summed E-state index contributed by atoms with van der Waals surface area (Å²) in [5.41, 5.74) is 0.576. The van der Waals surface area contributed by atoms with Gasteiger partial charge in [-0.1, -0.05) is 5.16 Å². The molecule has 0 aliphatic rings. The fraction of sp³-hybridized carbons (Fsp3) is 0.222. The van der Waals surface area contributed by atoms with Gasteiger partial charge < -0.3 is 24.1 Å². The third-order valence-electron chi connectivity index (χ3n) is 3.82. The van der Waals surface area contributed by atoms with Crippen LogP contribution in [0.1, 0.15) is 5.89 Å². The van der Waals surface area contributed by atoms with E-state index in [1.54, 1.807) is 12.1 Å². The molecular weight excluding hydrogens is 379 g/mol. The first kappa shape index (κ1) is 19.3. The molecule has 3 rings (SSSR count). The maximum atomic E-state index is 13.4. The number of hydrogen-bond donors (Lipinski definition) is 1. The fourth-order valence-electron chi connectivity index (χ4n) is 2.49. The maximum Gasteiger partial charge on any atom is 0.246 e. The fourth-order valence-corrected chi connectivity index (χ4v) is 2.49. The van der Waals surface area contributed by atoms with Crippen LogP contribution < -0.4 is 19.5 Å². The minimum Gasteiger partial charge on any atom is -0.493 e. The minimum atomic E-state index is -1.56. The third kappa shape index (κ3) is 3.80. The second-order valence-electron chi connectivity index (χ2n) is 5.53. The van der Waals surface area contributed by atoms with Gasteiger partial charge >= 0.3 is 0 Å². The van der Waals surface area contributed by atoms with Crippen molar-refractivity contribution in [1.82, 2.24) is 10.1 Å². The van der Waals surface area contributed by atoms with E-state index in [1.165, 1.54) is 21.3 Å². The van der Waals surface area contributed by atoms with E-state index in [0.29, 0.717) is 22.9 Å². The average molecular weight is 395 g/mol. The number of nitrogens with zero attached hydrogens (tertiary/aromatic N) is 2. The largest absolute Gasteiger partial charge is 0.493 e. The van der Waals surface area contributed by atoms with Gasteiger partial charge in [0, 0.05) is 23.4 Å². The standard InChI is InChI=1S/C18H16F3N3O4/c1-25-13-6-10(7-14(26-2)17(13)27-3)22-8-15-23-18(24-28-15)9-4-11(19)16(21)12(20)5-9/h4-7,22H,8H2,1-3H3. The third-order valence-corrected chi connectivity index (χ3v) is 3.82. The number of benzene rings is 2. The van der Waals surface area contributed by atoms with Gasteiger partial charge in [0.05, 0.1) is 27.9 Å². The van der Waals surface area contributed by atoms with Gasteiger partial charge in [-0.05, 0) is 12.1 Å². The van der Waals surface area contributed by atoms with Crippen molar-refractivity contribution in [2.24, 2.45) is 0 Å². The molecule has 0 saturated heterocycles. The zero-order valence-electron chi connectivity index (χ0n) is 15.2. The first-order valence-corrected chi connectivity index (χ1v) is 7.98. The molecule has 0 amide bonds. The van der Waals surface area contributed by atoms with Crippen LogP contribution in [-0.2, 0) is 6.54 Å². The Labute approximate surface area is 158 Å². The first-order valence-electron chi connectivity index (χ1n) is 7.98. The van der Waals surface area contributed by atoms with Crippen molar-refractivity contribution in [3.05, 3.63) is 47.6 Å². The highest BCUT2D eigenvalue weighted by atomic mass is 19.2. The van der Waals surface area contributed by atoms with Gasteiger partial charge in [0.2, 0.25) is 17.5 Å². The molecule has 10 heteroatoms. The van der Waals surface area contributed by atoms with Crippen LogP contribution in [0, 0.1) is 17.5 Å². The first-order chi connectivity index (χ1) is 13.5. The molecule has 0 saturated carbocycles. The van der Waals surface area contributed by atoms with E-state index in [-0.39, 0.29) is 23.8 Å². The number of halogens is 3. The van der Waals surface area contributed by atoms with Crippen LogP contribution in [0.3, 0.4) is 0 Å². The summed E-state index contributed by atoms with van der Waals surface area (Å²) in [7, 11) is 4.48. The summed E-state index contributed by atoms with van der Waals surface area (Å²) in [5, 5.41) is 6.69. The molecule has 1 aromatic heterocycles. The highest BCUT2D eigenvalue weighted by Crippen LogP contribution is 2.40. The van der Waals surface area contributed by atoms with Crippen molar-refractivity contribution in [2.75, 3.05) is 26.6 Å². The monoisotopic (exact) mass is 395 g/mol. The van der Waals surface area contributed by atoms with Crippen molar-refractivity contribution in [3.8, 4) is 28.6 Å². The lowest BCUT2D eigenvalue weighted by atomic mass is 10.2. The zero-order chi connectivity index (χ0) is 20.3. The van der Waals surface area contributed by atoms with Crippen molar-refractivity contribution in [3.63, 3.8) is 0 Å². The predicted octanol–water partition coefficient (Wildman–Crippen LogP) is 3.79. The smallest absolute Gasteiger partial charge is 0.246 e. The van der Waals surface area contributed by atoms with Crippen molar-refractivity contribution >= 4 is 5.69 Å². The summed E-state index contributed by atoms with van der Waals surface area (Å²) in [6.07, 6.45) is 0. The van der Waals surface area contributed by atoms with E-state index in [1.807, 2.05) is 0 Å². The molecule has 3 aromatic rings. The van der Waals surface area contributed by atoms with Gasteiger partial charge in [0.1, 0.15) is 0 Å². The topological polar surface area (TPSA) is 78.6 Å². The molecule has 0 radical (unpaired) electrons. The Morgan fingerprint density at radius 3 is 2.07 bits per heavy atom. The van der Waals surface area contributed by atoms with E-state index < -0.39 is 17.5 Å². The number of ether oxygens (including phenoxy) is 3. The molecule has 28 heavy (non-hydrogen) atoms. The second-order valence-corrected chi connectivity index (χ2v) is 5.53. The lowest BCUT2D eigenvalue weighted by molar-refractivity contribution is 0.324. The van der Waals surface area contributed by atoms with Gasteiger partial charge in [0.15, 0.2) is 29.0 Å². The van der Waals surface area contributed by atoms with Gasteiger partial charge in [-0.3, -0.25) is 0 Å². The number of nitrogens with one attached hydrogen (secondary N) is 1. The van der Waals surface area contributed by atoms with E-state index in [2.05, 4.69) is 15.5 Å². The van der Waals surface area contributed by atoms with Gasteiger partial charge in [-0.2, -0.15) is 4.98 Å². The number of aromatic nitrogens is 2. The quantitative estimate of drug-likeness (QED) is 0.610. The molecule has 0 bridgehead atoms. The van der Waals surface area contributed by atoms with E-state index in [4.69, 9.17) is 18.7 Å². The summed E-state index contributed by atoms with van der Waals surface area (Å²) in [5.74, 6) is -2.81. The summed E-state index contributed by atoms with van der Waals surface area (Å²) in [4.78, 5) is 4.04. The highest BCUT2D eigenvalue weighted by Gasteiger charge is 2.17. The number of methoxy groups -OCH3 is 3. The van der Waals surface area contributed by atoms with Gasteiger partial charge in [-0.15, -0.1) is 0 Å². The summed E-state index contributed by atoms with van der Waals surface area (Å²) >= 11 is 0. The molecule has 0 aliphatic heterocycles. The number of rotatable bonds is 7. The molecule has 1 N–H and O–H groups in total. The van der Waals surface area contributed by atoms with Crippen LogP contribution in [0.15, 0.2) is 28.8 Å². The molecule has 0 unspecified atom stereocenters. The Hall–Kier alpha value is -3.43. The van der Waals surface area contributed by atoms with Crippen LogP contribution in [0.4, 0.5) is 18.9 Å². The molecule has 1 heterocycles. The van der Waals surface area contributed by atoms with Crippen LogP contribution in [0.25, 0.3) is 11.4 Å². The van der Waals surface area contributed by atoms with E-state index >= 15 is 0 Å². The summed E-state index contributed by atoms with van der Waals surface area (Å²) < 4.78 is 60.6. The van der Waals surface area contributed by atoms with Crippen LogP contribution in [0.5, 0.6) is 17.2 Å². The summed E-state index contributed by atoms with van der Waals surface area (Å²) in [6, 6.07) is 4.95. The van der Waals surface area contributed by atoms with Crippen LogP contribution >= 0.6 is 0 Å². The minimum absolute atomic E-state index is 0.0424. The Morgan fingerprint density at radius 2 is 1.54 bits per heavy atom. The second kappa shape index (κ2) is 8.07. The summed E-state index contributed by atoms with van der Waals surface area (Å²) in [6.45, 7) is 0.109. The Bertz CT molecular complexity index is 946. The van der Waals surface area contributed by atoms with Crippen molar-refractivity contribution in [1.29, 1.82) is 0 Å². The van der Waals surface area contributed by atoms with Crippen molar-refractivity contribution < 1.29 is 31.9 Å². The Kier molecular flexibility index (Phi) is 5.57. The lowest BCUT2D eigenvalue weighted by Gasteiger charge is -2.14. The molecule has 148 valence electrons. The molecule has 7 nitrogen and oxygen atoms in total. The SMILES string of the molecule is COc1cc(NCc2nc(-c3cc(F)c(F)c(F)c3)no2)cc(OC)c1OC. The zero-order valence-corrected chi connectivity index (χ0v) is 15.2. The van der Waals surface area contributed by atoms with Gasteiger partial charge in [0.25, 0.3) is 0 Å². The number of hydrogen-bond acceptors (Lipinski definition) is 7. The predicted molar refractivity (Wildman–Crippen MR) is 93.0 cm³/mol.